The van der Waals surface area contributed by atoms with Gasteiger partial charge in [0.05, 0.1) is 11.7 Å². The van der Waals surface area contributed by atoms with E-state index in [-0.39, 0.29) is 12.5 Å². The molecule has 0 saturated heterocycles. The number of aromatic amines is 1. The summed E-state index contributed by atoms with van der Waals surface area (Å²) < 4.78 is 11.3. The summed E-state index contributed by atoms with van der Waals surface area (Å²) in [5.74, 6) is 1.82. The molecular weight excluding hydrogens is 342 g/mol. The summed E-state index contributed by atoms with van der Waals surface area (Å²) in [6.07, 6.45) is 1.71. The summed E-state index contributed by atoms with van der Waals surface area (Å²) in [4.78, 5) is 12.1. The number of para-hydroxylation sites is 1. The largest absolute Gasteiger partial charge is 0.484 e. The van der Waals surface area contributed by atoms with Crippen LogP contribution >= 0.6 is 0 Å². The Bertz CT molecular complexity index is 1040. The SMILES string of the molecule is O=C(COc1ccc(Oc2ccccc2)cc1)Nc1ccc2[nH]ncc2c1. The van der Waals surface area contributed by atoms with E-state index in [9.17, 15) is 4.79 Å². The second kappa shape index (κ2) is 7.61. The highest BCUT2D eigenvalue weighted by Crippen LogP contribution is 2.23. The van der Waals surface area contributed by atoms with Gasteiger partial charge in [0.2, 0.25) is 0 Å². The topological polar surface area (TPSA) is 76.2 Å². The summed E-state index contributed by atoms with van der Waals surface area (Å²) in [5, 5.41) is 10.6. The fraction of sp³-hybridized carbons (Fsp3) is 0.0476. The molecule has 1 aromatic heterocycles. The van der Waals surface area contributed by atoms with Gasteiger partial charge in [-0.15, -0.1) is 0 Å². The van der Waals surface area contributed by atoms with E-state index < -0.39 is 0 Å². The van der Waals surface area contributed by atoms with Gasteiger partial charge in [0.15, 0.2) is 6.61 Å². The third-order valence-corrected chi connectivity index (χ3v) is 3.90. The van der Waals surface area contributed by atoms with Crippen molar-refractivity contribution >= 4 is 22.5 Å². The van der Waals surface area contributed by atoms with Crippen molar-refractivity contribution in [3.63, 3.8) is 0 Å². The van der Waals surface area contributed by atoms with E-state index >= 15 is 0 Å². The molecule has 1 amide bonds. The lowest BCUT2D eigenvalue weighted by Gasteiger charge is -2.09. The van der Waals surface area contributed by atoms with Crippen LogP contribution in [0.3, 0.4) is 0 Å². The van der Waals surface area contributed by atoms with Crippen LogP contribution in [0.25, 0.3) is 10.9 Å². The Morgan fingerprint density at radius 1 is 0.926 bits per heavy atom. The number of benzene rings is 3. The van der Waals surface area contributed by atoms with Crippen molar-refractivity contribution < 1.29 is 14.3 Å². The first-order valence-electron chi connectivity index (χ1n) is 8.45. The van der Waals surface area contributed by atoms with Crippen molar-refractivity contribution in [2.45, 2.75) is 0 Å². The highest BCUT2D eigenvalue weighted by Gasteiger charge is 2.06. The van der Waals surface area contributed by atoms with Crippen LogP contribution < -0.4 is 14.8 Å². The van der Waals surface area contributed by atoms with E-state index in [4.69, 9.17) is 9.47 Å². The normalized spacial score (nSPS) is 10.5. The highest BCUT2D eigenvalue weighted by atomic mass is 16.5. The Kier molecular flexibility index (Phi) is 4.70. The minimum atomic E-state index is -0.234. The number of carbonyl (C=O) groups excluding carboxylic acids is 1. The number of nitrogens with zero attached hydrogens (tertiary/aromatic N) is 1. The number of anilines is 1. The van der Waals surface area contributed by atoms with Gasteiger partial charge in [0.25, 0.3) is 5.91 Å². The molecular formula is C21H17N3O3. The molecule has 0 atom stereocenters. The number of aromatic nitrogens is 2. The number of hydrogen-bond donors (Lipinski definition) is 2. The Morgan fingerprint density at radius 3 is 2.48 bits per heavy atom. The smallest absolute Gasteiger partial charge is 0.262 e. The number of fused-ring (bicyclic) bond motifs is 1. The van der Waals surface area contributed by atoms with Crippen LogP contribution in [0.2, 0.25) is 0 Å². The van der Waals surface area contributed by atoms with Gasteiger partial charge < -0.3 is 14.8 Å². The molecule has 3 aromatic carbocycles. The minimum absolute atomic E-state index is 0.0810. The molecule has 0 radical (unpaired) electrons. The van der Waals surface area contributed by atoms with Crippen LogP contribution in [0.4, 0.5) is 5.69 Å². The minimum Gasteiger partial charge on any atom is -0.484 e. The van der Waals surface area contributed by atoms with E-state index in [1.807, 2.05) is 48.5 Å². The summed E-state index contributed by atoms with van der Waals surface area (Å²) in [7, 11) is 0. The third-order valence-electron chi connectivity index (χ3n) is 3.90. The number of ether oxygens (including phenoxy) is 2. The number of H-pyrrole nitrogens is 1. The van der Waals surface area contributed by atoms with Gasteiger partial charge in [-0.3, -0.25) is 9.89 Å². The molecule has 6 nitrogen and oxygen atoms in total. The fourth-order valence-corrected chi connectivity index (χ4v) is 2.59. The van der Waals surface area contributed by atoms with Gasteiger partial charge in [-0.2, -0.15) is 5.10 Å². The summed E-state index contributed by atoms with van der Waals surface area (Å²) >= 11 is 0. The van der Waals surface area contributed by atoms with Crippen LogP contribution in [0.15, 0.2) is 79.0 Å². The zero-order valence-electron chi connectivity index (χ0n) is 14.4. The number of hydrogen-bond acceptors (Lipinski definition) is 4. The average Bonchev–Trinajstić information content (AvgIpc) is 3.16. The molecule has 0 fully saturated rings. The zero-order valence-corrected chi connectivity index (χ0v) is 14.4. The molecule has 4 rings (SSSR count). The molecule has 6 heteroatoms. The maximum absolute atomic E-state index is 12.1. The number of carbonyl (C=O) groups is 1. The molecule has 0 saturated carbocycles. The summed E-state index contributed by atoms with van der Waals surface area (Å²) in [6, 6.07) is 22.2. The van der Waals surface area contributed by atoms with E-state index in [0.717, 1.165) is 16.7 Å². The number of amides is 1. The third kappa shape index (κ3) is 4.24. The second-order valence-corrected chi connectivity index (χ2v) is 5.90. The van der Waals surface area contributed by atoms with Crippen molar-refractivity contribution in [2.75, 3.05) is 11.9 Å². The molecule has 0 aliphatic heterocycles. The maximum atomic E-state index is 12.1. The molecule has 0 bridgehead atoms. The quantitative estimate of drug-likeness (QED) is 0.536. The standard InChI is InChI=1S/C21H17N3O3/c25-21(23-16-6-11-20-15(12-16)13-22-24-20)14-26-17-7-9-19(10-8-17)27-18-4-2-1-3-5-18/h1-13H,14H2,(H,22,24)(H,23,25). The van der Waals surface area contributed by atoms with Crippen molar-refractivity contribution in [2.24, 2.45) is 0 Å². The first-order chi connectivity index (χ1) is 13.3. The monoisotopic (exact) mass is 359 g/mol. The van der Waals surface area contributed by atoms with Crippen LogP contribution in [-0.4, -0.2) is 22.7 Å². The molecule has 1 heterocycles. The Labute approximate surface area is 155 Å². The van der Waals surface area contributed by atoms with E-state index in [1.165, 1.54) is 0 Å². The van der Waals surface area contributed by atoms with Gasteiger partial charge in [-0.1, -0.05) is 18.2 Å². The van der Waals surface area contributed by atoms with E-state index in [2.05, 4.69) is 15.5 Å². The van der Waals surface area contributed by atoms with Gasteiger partial charge >= 0.3 is 0 Å². The Hall–Kier alpha value is -3.80. The van der Waals surface area contributed by atoms with E-state index in [0.29, 0.717) is 17.2 Å². The van der Waals surface area contributed by atoms with Crippen molar-refractivity contribution in [3.8, 4) is 17.2 Å². The van der Waals surface area contributed by atoms with Gasteiger partial charge in [0.1, 0.15) is 17.2 Å². The molecule has 0 aliphatic carbocycles. The lowest BCUT2D eigenvalue weighted by atomic mass is 10.2. The Morgan fingerprint density at radius 2 is 1.67 bits per heavy atom. The molecule has 0 unspecified atom stereocenters. The lowest BCUT2D eigenvalue weighted by Crippen LogP contribution is -2.20. The molecule has 27 heavy (non-hydrogen) atoms. The predicted molar refractivity (Wildman–Crippen MR) is 103 cm³/mol. The molecule has 0 spiro atoms. The molecule has 2 N–H and O–H groups in total. The number of nitrogens with one attached hydrogen (secondary N) is 2. The number of rotatable bonds is 6. The van der Waals surface area contributed by atoms with Gasteiger partial charge in [-0.05, 0) is 54.6 Å². The van der Waals surface area contributed by atoms with Crippen molar-refractivity contribution in [3.05, 3.63) is 79.0 Å². The first-order valence-corrected chi connectivity index (χ1v) is 8.45. The van der Waals surface area contributed by atoms with Gasteiger partial charge in [-0.25, -0.2) is 0 Å². The highest BCUT2D eigenvalue weighted by molar-refractivity contribution is 5.94. The van der Waals surface area contributed by atoms with Crippen LogP contribution in [0, 0.1) is 0 Å². The fourth-order valence-electron chi connectivity index (χ4n) is 2.59. The molecule has 4 aromatic rings. The van der Waals surface area contributed by atoms with Crippen LogP contribution in [-0.2, 0) is 4.79 Å². The average molecular weight is 359 g/mol. The second-order valence-electron chi connectivity index (χ2n) is 5.90. The van der Waals surface area contributed by atoms with Crippen LogP contribution in [0.5, 0.6) is 17.2 Å². The Balaban J connectivity index is 1.30. The first kappa shape index (κ1) is 16.7. The summed E-state index contributed by atoms with van der Waals surface area (Å²) in [6.45, 7) is -0.0810. The predicted octanol–water partition coefficient (Wildman–Crippen LogP) is 4.37. The lowest BCUT2D eigenvalue weighted by molar-refractivity contribution is -0.118. The van der Waals surface area contributed by atoms with Crippen molar-refractivity contribution in [1.29, 1.82) is 0 Å². The van der Waals surface area contributed by atoms with E-state index in [1.54, 1.807) is 30.5 Å². The van der Waals surface area contributed by atoms with Gasteiger partial charge in [0, 0.05) is 11.1 Å². The zero-order chi connectivity index (χ0) is 18.5. The van der Waals surface area contributed by atoms with Crippen LogP contribution in [0.1, 0.15) is 0 Å². The van der Waals surface area contributed by atoms with Crippen molar-refractivity contribution in [1.82, 2.24) is 10.2 Å². The molecule has 134 valence electrons. The summed E-state index contributed by atoms with van der Waals surface area (Å²) in [5.41, 5.74) is 1.62. The molecule has 0 aliphatic rings. The maximum Gasteiger partial charge on any atom is 0.262 e.